The Morgan fingerprint density at radius 3 is 2.51 bits per heavy atom. The third-order valence-corrected chi connectivity index (χ3v) is 5.02. The van der Waals surface area contributed by atoms with Crippen LogP contribution in [-0.2, 0) is 18.3 Å². The Morgan fingerprint density at radius 1 is 1.20 bits per heavy atom. The Kier molecular flexibility index (Phi) is 6.28. The van der Waals surface area contributed by atoms with E-state index in [-0.39, 0.29) is 34.8 Å². The van der Waals surface area contributed by atoms with Crippen molar-refractivity contribution >= 4 is 28.5 Å². The number of benzene rings is 1. The monoisotopic (exact) mass is 483 g/mol. The minimum atomic E-state index is -1.19. The van der Waals surface area contributed by atoms with E-state index in [0.717, 1.165) is 12.1 Å². The lowest BCUT2D eigenvalue weighted by Gasteiger charge is -2.10. The first-order valence-corrected chi connectivity index (χ1v) is 10.1. The van der Waals surface area contributed by atoms with Gasteiger partial charge in [-0.15, -0.1) is 0 Å². The first-order chi connectivity index (χ1) is 16.7. The van der Waals surface area contributed by atoms with Crippen LogP contribution in [0, 0.1) is 11.6 Å². The van der Waals surface area contributed by atoms with Crippen LogP contribution in [0.1, 0.15) is 27.6 Å². The number of hydrogen-bond donors (Lipinski definition) is 1. The van der Waals surface area contributed by atoms with E-state index in [9.17, 15) is 18.4 Å². The summed E-state index contributed by atoms with van der Waals surface area (Å²) in [6.45, 7) is 3.42. The van der Waals surface area contributed by atoms with Gasteiger partial charge in [0.05, 0.1) is 38.2 Å². The Morgan fingerprint density at radius 2 is 1.89 bits per heavy atom. The highest BCUT2D eigenvalue weighted by atomic mass is 19.1. The number of ether oxygens (including phenoxy) is 2. The SMILES string of the molecule is C=CC(=O)Nc1cn(C)nc1Cc1ncc2oc(C(=O)c3c(F)c(OC)cc(OC)c3F)cc2n1. The standard InChI is InChI=1S/C23H19F2N5O5/c1-5-19(31)28-13-10-30(2)29-11(13)7-18-26-9-17-12(27-18)6-16(35-17)23(32)20-21(24)14(33-3)8-15(34-4)22(20)25/h5-6,8-10H,1,7H2,2-4H3,(H,28,31). The molecule has 0 spiro atoms. The number of halogens is 2. The number of aryl methyl sites for hydroxylation is 1. The van der Waals surface area contributed by atoms with E-state index in [1.54, 1.807) is 13.2 Å². The highest BCUT2D eigenvalue weighted by Gasteiger charge is 2.28. The number of rotatable bonds is 8. The predicted molar refractivity (Wildman–Crippen MR) is 120 cm³/mol. The lowest BCUT2D eigenvalue weighted by molar-refractivity contribution is -0.111. The molecule has 1 amide bonds. The van der Waals surface area contributed by atoms with E-state index in [1.807, 2.05) is 0 Å². The average molecular weight is 483 g/mol. The largest absolute Gasteiger partial charge is 0.494 e. The first kappa shape index (κ1) is 23.5. The molecule has 0 fully saturated rings. The van der Waals surface area contributed by atoms with Crippen LogP contribution < -0.4 is 14.8 Å². The summed E-state index contributed by atoms with van der Waals surface area (Å²) in [4.78, 5) is 33.2. The van der Waals surface area contributed by atoms with Gasteiger partial charge in [0.15, 0.2) is 34.5 Å². The minimum absolute atomic E-state index is 0.133. The minimum Gasteiger partial charge on any atom is -0.494 e. The summed E-state index contributed by atoms with van der Waals surface area (Å²) in [5, 5.41) is 6.96. The number of ketones is 1. The number of nitrogens with one attached hydrogen (secondary N) is 1. The Hall–Kier alpha value is -4.61. The maximum atomic E-state index is 14.7. The smallest absolute Gasteiger partial charge is 0.247 e. The van der Waals surface area contributed by atoms with Gasteiger partial charge in [-0.25, -0.2) is 18.7 Å². The molecule has 1 N–H and O–H groups in total. The highest BCUT2D eigenvalue weighted by molar-refractivity contribution is 6.09. The van der Waals surface area contributed by atoms with Crippen LogP contribution >= 0.6 is 0 Å². The third kappa shape index (κ3) is 4.45. The van der Waals surface area contributed by atoms with Gasteiger partial charge in [0, 0.05) is 25.4 Å². The van der Waals surface area contributed by atoms with Gasteiger partial charge in [-0.2, -0.15) is 5.10 Å². The Balaban J connectivity index is 1.68. The first-order valence-electron chi connectivity index (χ1n) is 10.1. The molecule has 0 aliphatic carbocycles. The molecule has 0 aliphatic heterocycles. The van der Waals surface area contributed by atoms with Crippen molar-refractivity contribution in [3.8, 4) is 11.5 Å². The van der Waals surface area contributed by atoms with Gasteiger partial charge in [-0.3, -0.25) is 14.3 Å². The van der Waals surface area contributed by atoms with Crippen LogP contribution in [0.5, 0.6) is 11.5 Å². The summed E-state index contributed by atoms with van der Waals surface area (Å²) >= 11 is 0. The Bertz CT molecular complexity index is 1450. The van der Waals surface area contributed by atoms with Gasteiger partial charge >= 0.3 is 0 Å². The number of carbonyl (C=O) groups excluding carboxylic acids is 2. The fraction of sp³-hybridized carbons (Fsp3) is 0.174. The molecule has 3 aromatic heterocycles. The van der Waals surface area contributed by atoms with Crippen LogP contribution in [0.2, 0.25) is 0 Å². The molecule has 180 valence electrons. The molecule has 0 atom stereocenters. The second-order valence-corrected chi connectivity index (χ2v) is 7.29. The van der Waals surface area contributed by atoms with Crippen LogP contribution in [0.4, 0.5) is 14.5 Å². The third-order valence-electron chi connectivity index (χ3n) is 5.02. The lowest BCUT2D eigenvalue weighted by atomic mass is 10.1. The van der Waals surface area contributed by atoms with E-state index in [4.69, 9.17) is 13.9 Å². The second kappa shape index (κ2) is 9.33. The zero-order chi connectivity index (χ0) is 25.3. The van der Waals surface area contributed by atoms with Gasteiger partial charge in [-0.1, -0.05) is 6.58 Å². The van der Waals surface area contributed by atoms with Crippen molar-refractivity contribution in [3.05, 3.63) is 71.7 Å². The number of carbonyl (C=O) groups is 2. The molecule has 12 heteroatoms. The van der Waals surface area contributed by atoms with Gasteiger partial charge < -0.3 is 19.2 Å². The lowest BCUT2D eigenvalue weighted by Crippen LogP contribution is -2.09. The zero-order valence-corrected chi connectivity index (χ0v) is 18.9. The van der Waals surface area contributed by atoms with Crippen molar-refractivity contribution in [2.45, 2.75) is 6.42 Å². The second-order valence-electron chi connectivity index (χ2n) is 7.29. The van der Waals surface area contributed by atoms with Gasteiger partial charge in [0.2, 0.25) is 11.7 Å². The fourth-order valence-electron chi connectivity index (χ4n) is 3.38. The molecule has 0 saturated heterocycles. The maximum absolute atomic E-state index is 14.7. The Labute approximate surface area is 197 Å². The van der Waals surface area contributed by atoms with Gasteiger partial charge in [-0.05, 0) is 6.08 Å². The van der Waals surface area contributed by atoms with Gasteiger partial charge in [0.25, 0.3) is 0 Å². The topological polar surface area (TPSA) is 121 Å². The van der Waals surface area contributed by atoms with Crippen molar-refractivity contribution < 1.29 is 32.3 Å². The van der Waals surface area contributed by atoms with Gasteiger partial charge in [0.1, 0.15) is 16.9 Å². The number of aromatic nitrogens is 4. The summed E-state index contributed by atoms with van der Waals surface area (Å²) in [6, 6.07) is 2.26. The summed E-state index contributed by atoms with van der Waals surface area (Å²) in [7, 11) is 4.05. The quantitative estimate of drug-likeness (QED) is 0.300. The highest BCUT2D eigenvalue weighted by Crippen LogP contribution is 2.33. The normalized spacial score (nSPS) is 10.9. The number of hydrogen-bond acceptors (Lipinski definition) is 8. The van der Waals surface area contributed by atoms with Crippen LogP contribution in [0.15, 0.2) is 41.6 Å². The molecule has 4 aromatic rings. The molecule has 0 unspecified atom stereocenters. The fourth-order valence-corrected chi connectivity index (χ4v) is 3.38. The molecular formula is C23H19F2N5O5. The summed E-state index contributed by atoms with van der Waals surface area (Å²) < 4.78 is 46.2. The maximum Gasteiger partial charge on any atom is 0.247 e. The number of fused-ring (bicyclic) bond motifs is 1. The van der Waals surface area contributed by atoms with E-state index in [1.165, 1.54) is 31.2 Å². The number of furan rings is 1. The number of anilines is 1. The van der Waals surface area contributed by atoms with E-state index in [0.29, 0.717) is 17.2 Å². The molecule has 10 nitrogen and oxygen atoms in total. The summed E-state index contributed by atoms with van der Waals surface area (Å²) in [5.41, 5.74) is 0.441. The van der Waals surface area contributed by atoms with E-state index in [2.05, 4.69) is 27.0 Å². The molecule has 0 aliphatic rings. The van der Waals surface area contributed by atoms with Crippen molar-refractivity contribution in [2.75, 3.05) is 19.5 Å². The predicted octanol–water partition coefficient (Wildman–Crippen LogP) is 3.20. The molecular weight excluding hydrogens is 464 g/mol. The van der Waals surface area contributed by atoms with Crippen molar-refractivity contribution in [1.82, 2.24) is 19.7 Å². The molecule has 0 saturated carbocycles. The van der Waals surface area contributed by atoms with E-state index >= 15 is 0 Å². The number of nitrogens with zero attached hydrogens (tertiary/aromatic N) is 4. The zero-order valence-electron chi connectivity index (χ0n) is 18.9. The summed E-state index contributed by atoms with van der Waals surface area (Å²) in [5.74, 6) is -4.60. The van der Waals surface area contributed by atoms with Crippen LogP contribution in [0.25, 0.3) is 11.1 Å². The van der Waals surface area contributed by atoms with Crippen LogP contribution in [0.3, 0.4) is 0 Å². The molecule has 0 bridgehead atoms. The number of methoxy groups -OCH3 is 2. The average Bonchev–Trinajstić information content (AvgIpc) is 3.41. The molecule has 35 heavy (non-hydrogen) atoms. The van der Waals surface area contributed by atoms with Crippen molar-refractivity contribution in [3.63, 3.8) is 0 Å². The van der Waals surface area contributed by atoms with E-state index < -0.39 is 28.9 Å². The molecule has 4 rings (SSSR count). The number of amides is 1. The molecule has 3 heterocycles. The molecule has 1 aromatic carbocycles. The van der Waals surface area contributed by atoms with Crippen LogP contribution in [-0.4, -0.2) is 45.7 Å². The molecule has 0 radical (unpaired) electrons. The summed E-state index contributed by atoms with van der Waals surface area (Å²) in [6.07, 6.45) is 4.23. The van der Waals surface area contributed by atoms with Crippen molar-refractivity contribution in [1.29, 1.82) is 0 Å². The van der Waals surface area contributed by atoms with Crippen molar-refractivity contribution in [2.24, 2.45) is 7.05 Å².